The molecule has 0 unspecified atom stereocenters. The molecule has 136 valence electrons. The Morgan fingerprint density at radius 1 is 1.12 bits per heavy atom. The lowest BCUT2D eigenvalue weighted by molar-refractivity contribution is -0.137. The van der Waals surface area contributed by atoms with Gasteiger partial charge in [0.15, 0.2) is 0 Å². The lowest BCUT2D eigenvalue weighted by Crippen LogP contribution is -2.08. The maximum absolute atomic E-state index is 13.4. The Morgan fingerprint density at radius 2 is 1.85 bits per heavy atom. The summed E-state index contributed by atoms with van der Waals surface area (Å²) >= 11 is 0. The summed E-state index contributed by atoms with van der Waals surface area (Å²) in [6.07, 6.45) is -4.72. The third-order valence-electron chi connectivity index (χ3n) is 3.19. The van der Waals surface area contributed by atoms with Crippen LogP contribution in [-0.2, 0) is 15.7 Å². The highest BCUT2D eigenvalue weighted by atomic mass is 19.4. The zero-order valence-corrected chi connectivity index (χ0v) is 13.2. The van der Waals surface area contributed by atoms with Gasteiger partial charge in [0, 0.05) is 11.5 Å². The number of halogens is 5. The molecule has 0 heterocycles. The van der Waals surface area contributed by atoms with Gasteiger partial charge in [-0.3, -0.25) is 0 Å². The average molecular weight is 370 g/mol. The first kappa shape index (κ1) is 19.2. The summed E-state index contributed by atoms with van der Waals surface area (Å²) in [6, 6.07) is 8.12. The minimum Gasteiger partial charge on any atom is -0.459 e. The summed E-state index contributed by atoms with van der Waals surface area (Å²) in [6.45, 7) is -3.09. The van der Waals surface area contributed by atoms with Crippen LogP contribution in [0.2, 0.25) is 0 Å². The molecule has 0 aliphatic heterocycles. The van der Waals surface area contributed by atoms with E-state index in [1.807, 2.05) is 5.92 Å². The Labute approximate surface area is 145 Å². The van der Waals surface area contributed by atoms with Crippen molar-refractivity contribution in [3.8, 4) is 28.7 Å². The van der Waals surface area contributed by atoms with Gasteiger partial charge in [-0.1, -0.05) is 24.1 Å². The van der Waals surface area contributed by atoms with Gasteiger partial charge in [0.25, 0.3) is 0 Å². The highest BCUT2D eigenvalue weighted by molar-refractivity contribution is 5.89. The largest absolute Gasteiger partial charge is 0.459 e. The molecule has 0 fully saturated rings. The van der Waals surface area contributed by atoms with E-state index in [4.69, 9.17) is 0 Å². The fraction of sp³-hybridized carbons (Fsp3) is 0.167. The number of alkyl halides is 5. The van der Waals surface area contributed by atoms with Gasteiger partial charge < -0.3 is 9.47 Å². The molecule has 2 aromatic rings. The summed E-state index contributed by atoms with van der Waals surface area (Å²) in [7, 11) is 1.09. The van der Waals surface area contributed by atoms with Crippen molar-refractivity contribution in [3.05, 3.63) is 53.6 Å². The van der Waals surface area contributed by atoms with Crippen molar-refractivity contribution in [2.45, 2.75) is 12.8 Å². The smallest absolute Gasteiger partial charge is 0.417 e. The van der Waals surface area contributed by atoms with Crippen molar-refractivity contribution in [1.29, 1.82) is 0 Å². The molecule has 8 heteroatoms. The van der Waals surface area contributed by atoms with Crippen molar-refractivity contribution in [2.75, 3.05) is 7.11 Å². The van der Waals surface area contributed by atoms with Crippen LogP contribution in [0.1, 0.15) is 11.1 Å². The molecule has 0 bridgehead atoms. The maximum Gasteiger partial charge on any atom is 0.417 e. The minimum atomic E-state index is -4.72. The second kappa shape index (κ2) is 7.87. The zero-order valence-electron chi connectivity index (χ0n) is 13.2. The van der Waals surface area contributed by atoms with E-state index in [1.54, 1.807) is 0 Å². The van der Waals surface area contributed by atoms with Gasteiger partial charge in [-0.05, 0) is 35.4 Å². The van der Waals surface area contributed by atoms with Crippen LogP contribution < -0.4 is 4.74 Å². The summed E-state index contributed by atoms with van der Waals surface area (Å²) in [5.74, 6) is 3.16. The number of carbonyl (C=O) groups is 1. The number of ether oxygens (including phenoxy) is 2. The van der Waals surface area contributed by atoms with Crippen LogP contribution in [0.4, 0.5) is 22.0 Å². The normalized spacial score (nSPS) is 10.9. The fourth-order valence-corrected chi connectivity index (χ4v) is 2.12. The molecular formula is C18H11F5O3. The van der Waals surface area contributed by atoms with Crippen molar-refractivity contribution in [3.63, 3.8) is 0 Å². The van der Waals surface area contributed by atoms with E-state index in [1.165, 1.54) is 24.3 Å². The Morgan fingerprint density at radius 3 is 2.46 bits per heavy atom. The van der Waals surface area contributed by atoms with Crippen LogP contribution in [0.5, 0.6) is 5.75 Å². The van der Waals surface area contributed by atoms with Crippen LogP contribution >= 0.6 is 0 Å². The van der Waals surface area contributed by atoms with Crippen LogP contribution in [0.3, 0.4) is 0 Å². The Bertz CT molecular complexity index is 863. The molecule has 2 rings (SSSR count). The van der Waals surface area contributed by atoms with Crippen LogP contribution in [0.15, 0.2) is 42.5 Å². The molecule has 0 atom stereocenters. The van der Waals surface area contributed by atoms with E-state index in [9.17, 15) is 26.7 Å². The van der Waals surface area contributed by atoms with E-state index in [0.717, 1.165) is 25.3 Å². The van der Waals surface area contributed by atoms with Gasteiger partial charge in [0.2, 0.25) is 0 Å². The summed E-state index contributed by atoms with van der Waals surface area (Å²) in [5.41, 5.74) is -1.27. The first-order valence-electron chi connectivity index (χ1n) is 7.07. The van der Waals surface area contributed by atoms with Gasteiger partial charge in [-0.25, -0.2) is 4.79 Å². The molecule has 0 radical (unpaired) electrons. The van der Waals surface area contributed by atoms with E-state index in [2.05, 4.69) is 15.4 Å². The second-order valence-corrected chi connectivity index (χ2v) is 4.91. The summed E-state index contributed by atoms with van der Waals surface area (Å²) in [5, 5.41) is 0. The molecule has 0 amide bonds. The maximum atomic E-state index is 13.4. The zero-order chi connectivity index (χ0) is 19.3. The number of methoxy groups -OCH3 is 1. The monoisotopic (exact) mass is 370 g/mol. The Kier molecular flexibility index (Phi) is 5.82. The van der Waals surface area contributed by atoms with E-state index < -0.39 is 24.3 Å². The molecule has 0 saturated carbocycles. The predicted molar refractivity (Wildman–Crippen MR) is 82.4 cm³/mol. The number of hydrogen-bond donors (Lipinski definition) is 0. The van der Waals surface area contributed by atoms with Gasteiger partial charge in [-0.15, -0.1) is 0 Å². The highest BCUT2D eigenvalue weighted by Gasteiger charge is 2.34. The van der Waals surface area contributed by atoms with Crippen molar-refractivity contribution in [2.24, 2.45) is 0 Å². The SMILES string of the molecule is COC(=O)C#Cc1ccc(-c2cccc(OC(F)F)c2)c(C(F)(F)F)c1. The molecule has 3 nitrogen and oxygen atoms in total. The number of hydrogen-bond acceptors (Lipinski definition) is 3. The molecule has 0 aromatic heterocycles. The quantitative estimate of drug-likeness (QED) is 0.453. The molecule has 26 heavy (non-hydrogen) atoms. The Balaban J connectivity index is 2.51. The number of carbonyl (C=O) groups excluding carboxylic acids is 1. The van der Waals surface area contributed by atoms with Gasteiger partial charge in [-0.2, -0.15) is 22.0 Å². The molecule has 0 aliphatic rings. The standard InChI is InChI=1S/C18H11F5O3/c1-25-16(24)8-6-11-5-7-14(15(9-11)18(21,22)23)12-3-2-4-13(10-12)26-17(19)20/h2-5,7,9-10,17H,1H3. The van der Waals surface area contributed by atoms with Crippen molar-refractivity contribution >= 4 is 5.97 Å². The first-order valence-corrected chi connectivity index (χ1v) is 7.07. The third-order valence-corrected chi connectivity index (χ3v) is 3.19. The third kappa shape index (κ3) is 4.96. The number of rotatable bonds is 3. The molecule has 0 N–H and O–H groups in total. The second-order valence-electron chi connectivity index (χ2n) is 4.91. The van der Waals surface area contributed by atoms with E-state index in [0.29, 0.717) is 0 Å². The fourth-order valence-electron chi connectivity index (χ4n) is 2.12. The van der Waals surface area contributed by atoms with Crippen molar-refractivity contribution in [1.82, 2.24) is 0 Å². The molecule has 0 saturated heterocycles. The summed E-state index contributed by atoms with van der Waals surface area (Å²) < 4.78 is 73.3. The Hall–Kier alpha value is -3.08. The summed E-state index contributed by atoms with van der Waals surface area (Å²) in [4.78, 5) is 11.0. The molecule has 0 aliphatic carbocycles. The van der Waals surface area contributed by atoms with Gasteiger partial charge in [0.05, 0.1) is 12.7 Å². The van der Waals surface area contributed by atoms with Crippen LogP contribution in [0.25, 0.3) is 11.1 Å². The van der Waals surface area contributed by atoms with Crippen LogP contribution in [0, 0.1) is 11.8 Å². The number of benzene rings is 2. The predicted octanol–water partition coefficient (Wildman–Crippen LogP) is 4.50. The van der Waals surface area contributed by atoms with E-state index >= 15 is 0 Å². The molecule has 2 aromatic carbocycles. The van der Waals surface area contributed by atoms with Crippen LogP contribution in [-0.4, -0.2) is 19.7 Å². The lowest BCUT2D eigenvalue weighted by Gasteiger charge is -2.14. The van der Waals surface area contributed by atoms with Gasteiger partial charge >= 0.3 is 18.8 Å². The minimum absolute atomic E-state index is 0.0444. The number of esters is 1. The topological polar surface area (TPSA) is 35.5 Å². The van der Waals surface area contributed by atoms with Gasteiger partial charge in [0.1, 0.15) is 5.75 Å². The molecular weight excluding hydrogens is 359 g/mol. The lowest BCUT2D eigenvalue weighted by atomic mass is 9.97. The molecule has 0 spiro atoms. The van der Waals surface area contributed by atoms with Crippen molar-refractivity contribution < 1.29 is 36.2 Å². The average Bonchev–Trinajstić information content (AvgIpc) is 2.58. The van der Waals surface area contributed by atoms with E-state index in [-0.39, 0.29) is 22.4 Å². The highest BCUT2D eigenvalue weighted by Crippen LogP contribution is 2.38. The first-order chi connectivity index (χ1) is 12.2.